The number of carbonyl (C=O) groups excluding carboxylic acids is 2. The monoisotopic (exact) mass is 1020 g/mol. The Balaban J connectivity index is 4.13. The van der Waals surface area contributed by atoms with E-state index in [9.17, 15) is 19.5 Å². The molecule has 1 N–H and O–H groups in total. The number of carbonyl (C=O) groups is 3. The molecule has 0 aliphatic carbocycles. The van der Waals surface area contributed by atoms with Gasteiger partial charge in [0.15, 0.2) is 6.10 Å². The summed E-state index contributed by atoms with van der Waals surface area (Å²) in [6.07, 6.45) is 68.4. The van der Waals surface area contributed by atoms with Gasteiger partial charge < -0.3 is 28.5 Å². The van der Waals surface area contributed by atoms with Crippen LogP contribution in [0.2, 0.25) is 0 Å². The molecule has 422 valence electrons. The topological polar surface area (TPSA) is 108 Å². The highest BCUT2D eigenvalue weighted by Gasteiger charge is 2.25. The summed E-state index contributed by atoms with van der Waals surface area (Å²) in [5, 5.41) is 9.70. The molecule has 2 unspecified atom stereocenters. The molecule has 2 atom stereocenters. The van der Waals surface area contributed by atoms with E-state index in [1.165, 1.54) is 154 Å². The highest BCUT2D eigenvalue weighted by atomic mass is 16.7. The molecule has 0 aliphatic rings. The summed E-state index contributed by atoms with van der Waals surface area (Å²) in [5.41, 5.74) is 0. The van der Waals surface area contributed by atoms with Gasteiger partial charge in [-0.3, -0.25) is 9.59 Å². The molecule has 0 saturated carbocycles. The average molecular weight is 1030 g/mol. The van der Waals surface area contributed by atoms with Crippen molar-refractivity contribution in [2.24, 2.45) is 0 Å². The minimum absolute atomic E-state index is 0.180. The summed E-state index contributed by atoms with van der Waals surface area (Å²) in [6.45, 7) is 4.78. The number of hydrogen-bond acceptors (Lipinski definition) is 7. The second kappa shape index (κ2) is 55.0. The third-order valence-electron chi connectivity index (χ3n) is 13.0. The molecule has 73 heavy (non-hydrogen) atoms. The lowest BCUT2D eigenvalue weighted by atomic mass is 10.0. The Bertz CT molecular complexity index is 1420. The molecule has 0 saturated heterocycles. The number of quaternary nitrogens is 1. The minimum atomic E-state index is -1.51. The van der Waals surface area contributed by atoms with Crippen molar-refractivity contribution in [3.8, 4) is 0 Å². The minimum Gasteiger partial charge on any atom is -0.477 e. The lowest BCUT2D eigenvalue weighted by Crippen LogP contribution is -2.40. The zero-order valence-corrected chi connectivity index (χ0v) is 48.0. The molecule has 0 spiro atoms. The van der Waals surface area contributed by atoms with E-state index in [0.717, 1.165) is 77.0 Å². The number of carboxylic acids is 1. The van der Waals surface area contributed by atoms with E-state index in [4.69, 9.17) is 18.9 Å². The van der Waals surface area contributed by atoms with Gasteiger partial charge in [0.2, 0.25) is 0 Å². The van der Waals surface area contributed by atoms with Crippen molar-refractivity contribution >= 4 is 17.9 Å². The third kappa shape index (κ3) is 56.3. The Hall–Kier alpha value is -3.27. The first-order valence-electron chi connectivity index (χ1n) is 30.1. The van der Waals surface area contributed by atoms with Gasteiger partial charge in [-0.2, -0.15) is 0 Å². The summed E-state index contributed by atoms with van der Waals surface area (Å²) in [4.78, 5) is 37.4. The first kappa shape index (κ1) is 69.7. The maximum absolute atomic E-state index is 12.9. The van der Waals surface area contributed by atoms with Crippen LogP contribution in [0.3, 0.4) is 0 Å². The van der Waals surface area contributed by atoms with Gasteiger partial charge in [0.1, 0.15) is 13.2 Å². The highest BCUT2D eigenvalue weighted by Crippen LogP contribution is 2.17. The number of likely N-dealkylation sites (N-methyl/N-ethyl adjacent to an activating group) is 1. The van der Waals surface area contributed by atoms with Crippen molar-refractivity contribution < 1.29 is 42.9 Å². The number of aliphatic carboxylic acids is 1. The van der Waals surface area contributed by atoms with Crippen LogP contribution in [0.4, 0.5) is 0 Å². The summed E-state index contributed by atoms with van der Waals surface area (Å²) in [5.74, 6) is -2.00. The van der Waals surface area contributed by atoms with Gasteiger partial charge in [0.25, 0.3) is 6.29 Å². The van der Waals surface area contributed by atoms with Gasteiger partial charge >= 0.3 is 17.9 Å². The van der Waals surface area contributed by atoms with Crippen LogP contribution >= 0.6 is 0 Å². The fourth-order valence-corrected chi connectivity index (χ4v) is 8.37. The number of hydrogen-bond donors (Lipinski definition) is 1. The van der Waals surface area contributed by atoms with Gasteiger partial charge in [-0.25, -0.2) is 4.79 Å². The van der Waals surface area contributed by atoms with Crippen LogP contribution in [0, 0.1) is 0 Å². The molecule has 0 aliphatic heterocycles. The molecule has 0 bridgehead atoms. The molecule has 0 aromatic carbocycles. The van der Waals surface area contributed by atoms with E-state index in [0.29, 0.717) is 17.4 Å². The van der Waals surface area contributed by atoms with E-state index in [1.807, 2.05) is 21.1 Å². The molecular weight excluding hydrogens is 911 g/mol. The predicted molar refractivity (Wildman–Crippen MR) is 309 cm³/mol. The molecular formula is C64H114NO8+. The van der Waals surface area contributed by atoms with Gasteiger partial charge in [0.05, 0.1) is 34.4 Å². The summed E-state index contributed by atoms with van der Waals surface area (Å²) in [6, 6.07) is 0. The van der Waals surface area contributed by atoms with E-state index < -0.39 is 24.3 Å². The Labute approximate surface area is 449 Å². The first-order chi connectivity index (χ1) is 35.6. The molecule has 9 heteroatoms. The van der Waals surface area contributed by atoms with Crippen LogP contribution in [0.5, 0.6) is 0 Å². The zero-order chi connectivity index (χ0) is 53.4. The van der Waals surface area contributed by atoms with Crippen LogP contribution in [-0.2, 0) is 33.3 Å². The van der Waals surface area contributed by atoms with Gasteiger partial charge in [-0.1, -0.05) is 254 Å². The number of unbranched alkanes of at least 4 members (excludes halogenated alkanes) is 28. The smallest absolute Gasteiger partial charge is 0.361 e. The molecule has 0 rings (SSSR count). The molecule has 0 amide bonds. The van der Waals surface area contributed by atoms with Crippen LogP contribution in [0.15, 0.2) is 72.9 Å². The number of allylic oxidation sites excluding steroid dienone is 12. The maximum atomic E-state index is 12.9. The fourth-order valence-electron chi connectivity index (χ4n) is 8.37. The summed E-state index contributed by atoms with van der Waals surface area (Å²) >= 11 is 0. The second-order valence-electron chi connectivity index (χ2n) is 21.3. The van der Waals surface area contributed by atoms with Crippen LogP contribution in [0.1, 0.15) is 258 Å². The normalized spacial score (nSPS) is 13.3. The van der Waals surface area contributed by atoms with Crippen LogP contribution < -0.4 is 0 Å². The largest absolute Gasteiger partial charge is 0.477 e. The fraction of sp³-hybridized carbons (Fsp3) is 0.766. The van der Waals surface area contributed by atoms with Gasteiger partial charge in [-0.05, 0) is 64.2 Å². The number of carboxylic acid groups (broad SMARTS) is 1. The Morgan fingerprint density at radius 2 is 0.781 bits per heavy atom. The van der Waals surface area contributed by atoms with Crippen molar-refractivity contribution in [2.75, 3.05) is 47.5 Å². The van der Waals surface area contributed by atoms with E-state index in [2.05, 4.69) is 86.8 Å². The summed E-state index contributed by atoms with van der Waals surface area (Å²) < 4.78 is 22.9. The van der Waals surface area contributed by atoms with E-state index in [-0.39, 0.29) is 32.2 Å². The van der Waals surface area contributed by atoms with Crippen molar-refractivity contribution in [1.82, 2.24) is 0 Å². The molecule has 0 aromatic rings. The molecule has 0 aromatic heterocycles. The SMILES string of the molecule is CC/C=C\C/C=C\C/C=C\C/C=C\C/C=C\C/C=C\CCCCCCCCCCCCCCCCC(=O)OC(COC(=O)CCCCCCCCCCCCCCCCC)COC(OCC[N+](C)(C)C)C(=O)O. The quantitative estimate of drug-likeness (QED) is 0.0211. The predicted octanol–water partition coefficient (Wildman–Crippen LogP) is 17.8. The number of rotatable bonds is 55. The van der Waals surface area contributed by atoms with Gasteiger partial charge in [0, 0.05) is 12.8 Å². The van der Waals surface area contributed by atoms with Crippen LogP contribution in [0.25, 0.3) is 0 Å². The molecule has 0 radical (unpaired) electrons. The van der Waals surface area contributed by atoms with Crippen molar-refractivity contribution in [3.63, 3.8) is 0 Å². The number of nitrogens with zero attached hydrogens (tertiary/aromatic N) is 1. The third-order valence-corrected chi connectivity index (χ3v) is 13.0. The van der Waals surface area contributed by atoms with Crippen molar-refractivity contribution in [1.29, 1.82) is 0 Å². The first-order valence-corrected chi connectivity index (χ1v) is 30.1. The standard InChI is InChI=1S/C64H113NO8/c1-6-8-10-12-14-16-18-20-22-23-24-25-26-27-28-29-30-31-32-33-34-35-36-37-38-39-41-43-45-47-49-51-53-55-62(67)73-60(59-72-64(63(68)69)70-57-56-65(3,4)5)58-71-61(66)54-52-50-48-46-44-42-40-21-19-17-15-13-11-9-7-2/h8,10,14,16,20,22,24-25,27-28,30-31,60,64H,6-7,9,11-13,15,17-19,21,23,26,29,32-59H2,1-5H3/p+1/b10-8-,16-14-,22-20-,25-24-,28-27-,31-30-. The van der Waals surface area contributed by atoms with E-state index in [1.54, 1.807) is 0 Å². The van der Waals surface area contributed by atoms with Crippen LogP contribution in [-0.4, -0.2) is 87.4 Å². The highest BCUT2D eigenvalue weighted by molar-refractivity contribution is 5.71. The Kier molecular flexibility index (Phi) is 52.5. The van der Waals surface area contributed by atoms with Crippen molar-refractivity contribution in [3.05, 3.63) is 72.9 Å². The lowest BCUT2D eigenvalue weighted by molar-refractivity contribution is -0.870. The maximum Gasteiger partial charge on any atom is 0.361 e. The molecule has 0 fully saturated rings. The second-order valence-corrected chi connectivity index (χ2v) is 21.3. The van der Waals surface area contributed by atoms with E-state index >= 15 is 0 Å². The number of ether oxygens (including phenoxy) is 4. The van der Waals surface area contributed by atoms with Crippen molar-refractivity contribution in [2.45, 2.75) is 270 Å². The molecule has 9 nitrogen and oxygen atoms in total. The average Bonchev–Trinajstić information content (AvgIpc) is 3.36. The zero-order valence-electron chi connectivity index (χ0n) is 48.0. The lowest BCUT2D eigenvalue weighted by Gasteiger charge is -2.25. The Morgan fingerprint density at radius 3 is 1.16 bits per heavy atom. The Morgan fingerprint density at radius 1 is 0.425 bits per heavy atom. The molecule has 0 heterocycles. The number of esters is 2. The van der Waals surface area contributed by atoms with Gasteiger partial charge in [-0.15, -0.1) is 0 Å². The summed E-state index contributed by atoms with van der Waals surface area (Å²) in [7, 11) is 5.97.